The Bertz CT molecular complexity index is 1030. The summed E-state index contributed by atoms with van der Waals surface area (Å²) in [6, 6.07) is 8.03. The van der Waals surface area contributed by atoms with Crippen molar-refractivity contribution in [3.63, 3.8) is 0 Å². The van der Waals surface area contributed by atoms with Crippen molar-refractivity contribution < 1.29 is 9.32 Å². The molecule has 6 rings (SSSR count). The van der Waals surface area contributed by atoms with Gasteiger partial charge in [0.05, 0.1) is 28.6 Å². The second-order valence-electron chi connectivity index (χ2n) is 9.48. The monoisotopic (exact) mass is 458 g/mol. The average molecular weight is 459 g/mol. The molecule has 4 aliphatic rings. The Kier molecular flexibility index (Phi) is 4.78. The molecule has 2 aliphatic carbocycles. The number of rotatable bonds is 5. The van der Waals surface area contributed by atoms with Crippen molar-refractivity contribution in [1.29, 1.82) is 0 Å². The molecular weight excluding hydrogens is 432 g/mol. The molecule has 0 amide bonds. The Morgan fingerprint density at radius 3 is 2.58 bits per heavy atom. The standard InChI is InChI=1S/C23H27ClN4O2S/c24-15-2-4-16(5-3-15)28-10-6-14(7-11-28)21-25-19-17-12-18(17)31(30)20(19)22(26-21)27-23(13-29)8-1-9-23/h2-5,14,17-18,29H,1,6-13H2,(H,25,26,27). The van der Waals surface area contributed by atoms with Crippen molar-refractivity contribution in [2.75, 3.05) is 29.9 Å². The highest BCUT2D eigenvalue weighted by atomic mass is 35.5. The maximum atomic E-state index is 13.0. The van der Waals surface area contributed by atoms with Gasteiger partial charge in [0, 0.05) is 40.9 Å². The number of nitrogens with one attached hydrogen (secondary N) is 1. The lowest BCUT2D eigenvalue weighted by Crippen LogP contribution is -2.48. The molecule has 164 valence electrons. The fraction of sp³-hybridized carbons (Fsp3) is 0.565. The first-order valence-electron chi connectivity index (χ1n) is 11.3. The first-order valence-corrected chi connectivity index (χ1v) is 12.9. The topological polar surface area (TPSA) is 78.3 Å². The Balaban J connectivity index is 1.26. The molecule has 1 aromatic carbocycles. The van der Waals surface area contributed by atoms with Gasteiger partial charge in [-0.25, -0.2) is 9.97 Å². The zero-order chi connectivity index (χ0) is 21.2. The van der Waals surface area contributed by atoms with Crippen LogP contribution < -0.4 is 10.2 Å². The van der Waals surface area contributed by atoms with E-state index in [1.807, 2.05) is 12.1 Å². The zero-order valence-electron chi connectivity index (χ0n) is 17.4. The number of hydrogen-bond donors (Lipinski definition) is 2. The largest absolute Gasteiger partial charge is 0.394 e. The van der Waals surface area contributed by atoms with Crippen molar-refractivity contribution in [2.24, 2.45) is 0 Å². The third kappa shape index (κ3) is 3.36. The number of piperidine rings is 1. The van der Waals surface area contributed by atoms with Crippen LogP contribution in [0.2, 0.25) is 5.02 Å². The molecule has 1 saturated heterocycles. The van der Waals surface area contributed by atoms with Crippen LogP contribution >= 0.6 is 11.6 Å². The van der Waals surface area contributed by atoms with Crippen molar-refractivity contribution in [1.82, 2.24) is 9.97 Å². The predicted octanol–water partition coefficient (Wildman–Crippen LogP) is 3.82. The molecule has 3 atom stereocenters. The minimum absolute atomic E-state index is 0.0834. The number of halogens is 1. The fourth-order valence-electron chi connectivity index (χ4n) is 5.28. The van der Waals surface area contributed by atoms with E-state index < -0.39 is 10.8 Å². The number of aliphatic hydroxyl groups excluding tert-OH is 1. The summed E-state index contributed by atoms with van der Waals surface area (Å²) in [6.07, 6.45) is 5.92. The van der Waals surface area contributed by atoms with E-state index >= 15 is 0 Å². The van der Waals surface area contributed by atoms with E-state index in [4.69, 9.17) is 21.6 Å². The summed E-state index contributed by atoms with van der Waals surface area (Å²) >= 11 is 6.03. The van der Waals surface area contributed by atoms with E-state index in [9.17, 15) is 9.32 Å². The van der Waals surface area contributed by atoms with E-state index in [2.05, 4.69) is 22.3 Å². The number of fused-ring (bicyclic) bond motifs is 3. The van der Waals surface area contributed by atoms with Crippen molar-refractivity contribution >= 4 is 33.9 Å². The normalized spacial score (nSPS) is 28.6. The van der Waals surface area contributed by atoms with Crippen LogP contribution in [-0.4, -0.2) is 49.8 Å². The van der Waals surface area contributed by atoms with Crippen LogP contribution in [0.5, 0.6) is 0 Å². The number of aliphatic hydroxyl groups is 1. The molecule has 3 unspecified atom stereocenters. The van der Waals surface area contributed by atoms with Gasteiger partial charge in [-0.05, 0) is 62.8 Å². The van der Waals surface area contributed by atoms with Crippen LogP contribution in [0.3, 0.4) is 0 Å². The first kappa shape index (κ1) is 19.9. The molecule has 2 aliphatic heterocycles. The summed E-state index contributed by atoms with van der Waals surface area (Å²) in [5.41, 5.74) is 1.89. The van der Waals surface area contributed by atoms with E-state index in [0.717, 1.165) is 78.9 Å². The van der Waals surface area contributed by atoms with Gasteiger partial charge in [0.25, 0.3) is 0 Å². The second-order valence-corrected chi connectivity index (χ2v) is 11.5. The van der Waals surface area contributed by atoms with E-state index in [1.165, 1.54) is 5.69 Å². The van der Waals surface area contributed by atoms with Gasteiger partial charge in [0.15, 0.2) is 0 Å². The summed E-state index contributed by atoms with van der Waals surface area (Å²) in [6.45, 7) is 1.99. The molecule has 1 aromatic heterocycles. The molecule has 31 heavy (non-hydrogen) atoms. The summed E-state index contributed by atoms with van der Waals surface area (Å²) in [5.74, 6) is 2.24. The highest BCUT2D eigenvalue weighted by Crippen LogP contribution is 2.56. The Morgan fingerprint density at radius 1 is 1.19 bits per heavy atom. The number of nitrogens with zero attached hydrogens (tertiary/aromatic N) is 3. The third-order valence-corrected chi connectivity index (χ3v) is 9.64. The van der Waals surface area contributed by atoms with Crippen LogP contribution in [-0.2, 0) is 10.8 Å². The minimum Gasteiger partial charge on any atom is -0.394 e. The molecule has 0 bridgehead atoms. The molecule has 8 heteroatoms. The van der Waals surface area contributed by atoms with Gasteiger partial charge in [-0.1, -0.05) is 11.6 Å². The lowest BCUT2D eigenvalue weighted by atomic mass is 9.77. The second kappa shape index (κ2) is 7.42. The molecule has 0 radical (unpaired) electrons. The lowest BCUT2D eigenvalue weighted by molar-refractivity contribution is 0.143. The van der Waals surface area contributed by atoms with Crippen LogP contribution in [0.25, 0.3) is 0 Å². The maximum absolute atomic E-state index is 13.0. The lowest BCUT2D eigenvalue weighted by Gasteiger charge is -2.42. The summed E-state index contributed by atoms with van der Waals surface area (Å²) < 4.78 is 13.0. The third-order valence-electron chi connectivity index (χ3n) is 7.52. The number of benzene rings is 1. The zero-order valence-corrected chi connectivity index (χ0v) is 19.0. The highest BCUT2D eigenvalue weighted by molar-refractivity contribution is 7.86. The molecule has 2 aromatic rings. The van der Waals surface area contributed by atoms with Crippen molar-refractivity contribution in [3.8, 4) is 0 Å². The van der Waals surface area contributed by atoms with Gasteiger partial charge in [-0.2, -0.15) is 0 Å². The first-order chi connectivity index (χ1) is 15.1. The molecule has 0 spiro atoms. The molecule has 2 saturated carbocycles. The van der Waals surface area contributed by atoms with Crippen LogP contribution in [0, 0.1) is 0 Å². The van der Waals surface area contributed by atoms with Gasteiger partial charge in [0.1, 0.15) is 16.5 Å². The van der Waals surface area contributed by atoms with Crippen LogP contribution in [0.4, 0.5) is 11.5 Å². The Hall–Kier alpha value is -1.70. The number of aromatic nitrogens is 2. The molecule has 3 heterocycles. The summed E-state index contributed by atoms with van der Waals surface area (Å²) in [7, 11) is -1.03. The highest BCUT2D eigenvalue weighted by Gasteiger charge is 2.54. The quantitative estimate of drug-likeness (QED) is 0.709. The van der Waals surface area contributed by atoms with Gasteiger partial charge < -0.3 is 15.3 Å². The van der Waals surface area contributed by atoms with E-state index in [0.29, 0.717) is 11.8 Å². The predicted molar refractivity (Wildman–Crippen MR) is 123 cm³/mol. The smallest absolute Gasteiger partial charge is 0.146 e. The number of hydrogen-bond acceptors (Lipinski definition) is 6. The number of anilines is 2. The Morgan fingerprint density at radius 2 is 1.94 bits per heavy atom. The minimum atomic E-state index is -1.03. The SMILES string of the molecule is O=S1c2c(NC3(CO)CCC3)nc(C3CCN(c4ccc(Cl)cc4)CC3)nc2C2CC21. The van der Waals surface area contributed by atoms with Gasteiger partial charge >= 0.3 is 0 Å². The van der Waals surface area contributed by atoms with Crippen LogP contribution in [0.1, 0.15) is 61.9 Å². The molecular formula is C23H27ClN4O2S. The van der Waals surface area contributed by atoms with Gasteiger partial charge in [-0.15, -0.1) is 0 Å². The average Bonchev–Trinajstić information content (AvgIpc) is 3.52. The van der Waals surface area contributed by atoms with Gasteiger partial charge in [-0.3, -0.25) is 4.21 Å². The van der Waals surface area contributed by atoms with Crippen LogP contribution in [0.15, 0.2) is 29.2 Å². The Labute approximate surface area is 189 Å². The van der Waals surface area contributed by atoms with Crippen molar-refractivity contribution in [3.05, 3.63) is 40.8 Å². The summed E-state index contributed by atoms with van der Waals surface area (Å²) in [5, 5.41) is 14.4. The van der Waals surface area contributed by atoms with E-state index in [-0.39, 0.29) is 17.4 Å². The maximum Gasteiger partial charge on any atom is 0.146 e. The van der Waals surface area contributed by atoms with E-state index in [1.54, 1.807) is 0 Å². The van der Waals surface area contributed by atoms with Crippen molar-refractivity contribution in [2.45, 2.75) is 66.0 Å². The fourth-order valence-corrected chi connectivity index (χ4v) is 7.20. The molecule has 3 fully saturated rings. The van der Waals surface area contributed by atoms with Gasteiger partial charge in [0.2, 0.25) is 0 Å². The molecule has 2 N–H and O–H groups in total. The molecule has 6 nitrogen and oxygen atoms in total. The summed E-state index contributed by atoms with van der Waals surface area (Å²) in [4.78, 5) is 13.1.